The zero-order chi connectivity index (χ0) is 37.1. The number of aliphatic hydroxyl groups excluding tert-OH is 1. The second-order valence-electron chi connectivity index (χ2n) is 16.2. The maximum atomic E-state index is 14.3. The van der Waals surface area contributed by atoms with Crippen molar-refractivity contribution < 1.29 is 42.1 Å². The minimum atomic E-state index is -3.30. The molecule has 9 atom stereocenters. The van der Waals surface area contributed by atoms with Gasteiger partial charge in [-0.3, -0.25) is 14.5 Å². The number of hydrogen-bond donors (Lipinski definition) is 1. The van der Waals surface area contributed by atoms with Gasteiger partial charge in [-0.05, 0) is 106 Å². The first kappa shape index (κ1) is 42.2. The fourth-order valence-electron chi connectivity index (χ4n) is 8.16. The number of piperidine rings is 1. The zero-order valence-corrected chi connectivity index (χ0v) is 33.1. The van der Waals surface area contributed by atoms with Gasteiger partial charge in [0.1, 0.15) is 18.1 Å². The number of methoxy groups -OCH3 is 1. The van der Waals surface area contributed by atoms with Crippen molar-refractivity contribution in [2.75, 3.05) is 54.0 Å². The number of cyclic esters (lactones) is 1. The summed E-state index contributed by atoms with van der Waals surface area (Å²) >= 11 is 0. The van der Waals surface area contributed by atoms with Gasteiger partial charge in [-0.2, -0.15) is 0 Å². The molecule has 0 spiro atoms. The van der Waals surface area contributed by atoms with E-state index in [0.29, 0.717) is 32.5 Å². The van der Waals surface area contributed by atoms with E-state index < -0.39 is 56.7 Å². The van der Waals surface area contributed by atoms with E-state index in [0.717, 1.165) is 25.8 Å². The van der Waals surface area contributed by atoms with Crippen LogP contribution in [0.15, 0.2) is 0 Å². The van der Waals surface area contributed by atoms with Crippen LogP contribution in [-0.4, -0.2) is 141 Å². The maximum absolute atomic E-state index is 14.3. The summed E-state index contributed by atoms with van der Waals surface area (Å²) in [6.45, 7) is 19.1. The van der Waals surface area contributed by atoms with E-state index in [1.807, 2.05) is 32.8 Å². The van der Waals surface area contributed by atoms with E-state index in [-0.39, 0.29) is 42.4 Å². The molecule has 0 bridgehead atoms. The lowest BCUT2D eigenvalue weighted by molar-refractivity contribution is -0.295. The number of Topliss-reactive ketones (excluding diaryl/α,β-unsaturated/α-hetero) is 1. The number of ketones is 1. The number of hydrogen-bond acceptors (Lipinski definition) is 11. The first-order chi connectivity index (χ1) is 22.7. The molecule has 3 heterocycles. The van der Waals surface area contributed by atoms with Gasteiger partial charge in [0.25, 0.3) is 0 Å². The molecule has 0 amide bonds. The summed E-state index contributed by atoms with van der Waals surface area (Å²) < 4.78 is 52.2. The minimum absolute atomic E-state index is 0.0916. The van der Waals surface area contributed by atoms with Gasteiger partial charge in [0.2, 0.25) is 10.0 Å². The number of nitrogens with zero attached hydrogens (tertiary/aromatic N) is 3. The molecule has 49 heavy (non-hydrogen) atoms. The Labute approximate surface area is 296 Å². The molecule has 3 aliphatic heterocycles. The Morgan fingerprint density at radius 3 is 2.22 bits per heavy atom. The highest BCUT2D eigenvalue weighted by Gasteiger charge is 2.51. The Morgan fingerprint density at radius 1 is 1.08 bits per heavy atom. The number of esters is 1. The lowest BCUT2D eigenvalue weighted by atomic mass is 9.74. The third-order valence-electron chi connectivity index (χ3n) is 11.4. The lowest BCUT2D eigenvalue weighted by Crippen LogP contribution is -2.59. The van der Waals surface area contributed by atoms with Crippen molar-refractivity contribution in [2.45, 2.75) is 142 Å². The molecule has 0 aromatic heterocycles. The molecule has 0 radical (unpaired) electrons. The highest BCUT2D eigenvalue weighted by Crippen LogP contribution is 2.39. The molecule has 3 saturated heterocycles. The predicted molar refractivity (Wildman–Crippen MR) is 189 cm³/mol. The van der Waals surface area contributed by atoms with Gasteiger partial charge in [-0.15, -0.1) is 0 Å². The summed E-state index contributed by atoms with van der Waals surface area (Å²) in [6.07, 6.45) is 0.453. The smallest absolute Gasteiger partial charge is 0.319 e. The number of sulfonamides is 1. The van der Waals surface area contributed by atoms with Crippen molar-refractivity contribution >= 4 is 21.8 Å². The topological polar surface area (TPSA) is 135 Å². The van der Waals surface area contributed by atoms with Gasteiger partial charge in [0, 0.05) is 44.7 Å². The second-order valence-corrected chi connectivity index (χ2v) is 18.7. The van der Waals surface area contributed by atoms with Crippen LogP contribution in [0.3, 0.4) is 0 Å². The van der Waals surface area contributed by atoms with Crippen molar-refractivity contribution in [3.63, 3.8) is 0 Å². The van der Waals surface area contributed by atoms with E-state index in [1.165, 1.54) is 0 Å². The highest BCUT2D eigenvalue weighted by atomic mass is 32.2. The van der Waals surface area contributed by atoms with Crippen LogP contribution in [0, 0.1) is 23.2 Å². The first-order valence-corrected chi connectivity index (χ1v) is 19.8. The largest absolute Gasteiger partial charge is 0.463 e. The Kier molecular flexibility index (Phi) is 14.7. The Balaban J connectivity index is 1.93. The van der Waals surface area contributed by atoms with Gasteiger partial charge < -0.3 is 29.0 Å². The molecule has 1 N–H and O–H groups in total. The van der Waals surface area contributed by atoms with Crippen molar-refractivity contribution in [2.24, 2.45) is 23.2 Å². The molecule has 13 heteroatoms. The zero-order valence-electron chi connectivity index (χ0n) is 32.3. The molecule has 3 fully saturated rings. The average molecular weight is 718 g/mol. The molecule has 0 aromatic carbocycles. The van der Waals surface area contributed by atoms with E-state index in [4.69, 9.17) is 18.9 Å². The standard InChI is InChI=1S/C36H67N3O9S/c1-13-38-21-24(4)20-36(9,45-12)32(48-33-30(40)29(37(10)11)18-25(5)47-33)26(6)31(41)35(7,8)34(42)46-22-28(38)19-27-14-16-39(17-15-27)49(43,44)23(2)3/h23-30,32-33,40H,13-22H2,1-12H3/t24-,25-,26+,28-,29+,30-,32-,33+,36-/m1/s1. The van der Waals surface area contributed by atoms with Crippen LogP contribution in [0.5, 0.6) is 0 Å². The number of aliphatic hydroxyl groups is 1. The highest BCUT2D eigenvalue weighted by molar-refractivity contribution is 7.89. The third kappa shape index (κ3) is 9.82. The number of likely N-dealkylation sites (N-methyl/N-ethyl adjacent to an activating group) is 2. The molecular formula is C36H67N3O9S. The van der Waals surface area contributed by atoms with Crippen LogP contribution in [0.25, 0.3) is 0 Å². The summed E-state index contributed by atoms with van der Waals surface area (Å²) in [6, 6.07) is -0.301. The third-order valence-corrected chi connectivity index (χ3v) is 13.7. The van der Waals surface area contributed by atoms with Crippen LogP contribution >= 0.6 is 0 Å². The lowest BCUT2D eigenvalue weighted by Gasteiger charge is -2.47. The van der Waals surface area contributed by atoms with Crippen LogP contribution in [-0.2, 0) is 38.6 Å². The fraction of sp³-hybridized carbons (Fsp3) is 0.944. The number of ether oxygens (including phenoxy) is 4. The Morgan fingerprint density at radius 2 is 1.69 bits per heavy atom. The van der Waals surface area contributed by atoms with Gasteiger partial charge in [-0.25, -0.2) is 12.7 Å². The minimum Gasteiger partial charge on any atom is -0.463 e. The normalized spacial score (nSPS) is 37.0. The van der Waals surface area contributed by atoms with Crippen LogP contribution < -0.4 is 0 Å². The van der Waals surface area contributed by atoms with E-state index >= 15 is 0 Å². The van der Waals surface area contributed by atoms with Gasteiger partial charge in [0.15, 0.2) is 12.1 Å². The number of rotatable bonds is 9. The molecule has 0 saturated carbocycles. The van der Waals surface area contributed by atoms with Gasteiger partial charge in [0.05, 0.1) is 23.1 Å². The van der Waals surface area contributed by atoms with Gasteiger partial charge >= 0.3 is 5.97 Å². The SMILES string of the molecule is CCN1C[C@H](C)C[C@@](C)(OC)[C@H](O[C@@H]2O[C@H](C)C[C@H](N(C)C)[C@H]2O)[C@@H](C)C(=O)C(C)(C)C(=O)OC[C@H]1CC1CCN(S(=O)(=O)C(C)C)CC1. The van der Waals surface area contributed by atoms with E-state index in [1.54, 1.807) is 46.0 Å². The summed E-state index contributed by atoms with van der Waals surface area (Å²) in [5, 5.41) is 10.9. The summed E-state index contributed by atoms with van der Waals surface area (Å²) in [7, 11) is 2.14. The van der Waals surface area contributed by atoms with Gasteiger partial charge in [-0.1, -0.05) is 20.8 Å². The molecular weight excluding hydrogens is 650 g/mol. The van der Waals surface area contributed by atoms with E-state index in [9.17, 15) is 23.1 Å². The number of carbonyl (C=O) groups excluding carboxylic acids is 2. The predicted octanol–water partition coefficient (Wildman–Crippen LogP) is 3.55. The Hall–Kier alpha value is -1.19. The summed E-state index contributed by atoms with van der Waals surface area (Å²) in [5.74, 6) is -1.36. The molecule has 0 unspecified atom stereocenters. The molecule has 12 nitrogen and oxygen atoms in total. The van der Waals surface area contributed by atoms with Crippen molar-refractivity contribution in [1.82, 2.24) is 14.1 Å². The van der Waals surface area contributed by atoms with Crippen molar-refractivity contribution in [3.8, 4) is 0 Å². The van der Waals surface area contributed by atoms with E-state index in [2.05, 4.69) is 18.7 Å². The Bertz CT molecular complexity index is 1210. The quantitative estimate of drug-likeness (QED) is 0.277. The monoisotopic (exact) mass is 717 g/mol. The second kappa shape index (κ2) is 17.1. The summed E-state index contributed by atoms with van der Waals surface area (Å²) in [5.41, 5.74) is -2.44. The number of carbonyl (C=O) groups is 2. The molecule has 286 valence electrons. The average Bonchev–Trinajstić information content (AvgIpc) is 3.04. The van der Waals surface area contributed by atoms with Crippen molar-refractivity contribution in [1.29, 1.82) is 0 Å². The molecule has 0 aromatic rings. The van der Waals surface area contributed by atoms with Crippen LogP contribution in [0.1, 0.15) is 94.4 Å². The maximum Gasteiger partial charge on any atom is 0.319 e. The first-order valence-electron chi connectivity index (χ1n) is 18.3. The molecule has 0 aliphatic carbocycles. The molecule has 3 rings (SSSR count). The van der Waals surface area contributed by atoms with Crippen LogP contribution in [0.2, 0.25) is 0 Å². The molecule has 3 aliphatic rings. The fourth-order valence-corrected chi connectivity index (χ4v) is 9.48. The van der Waals surface area contributed by atoms with Crippen LogP contribution in [0.4, 0.5) is 0 Å². The summed E-state index contributed by atoms with van der Waals surface area (Å²) in [4.78, 5) is 32.4. The van der Waals surface area contributed by atoms with Crippen molar-refractivity contribution in [3.05, 3.63) is 0 Å².